The van der Waals surface area contributed by atoms with E-state index in [0.29, 0.717) is 17.8 Å². The van der Waals surface area contributed by atoms with Gasteiger partial charge in [-0.05, 0) is 26.3 Å². The second kappa shape index (κ2) is 4.54. The van der Waals surface area contributed by atoms with Gasteiger partial charge in [0.1, 0.15) is 6.10 Å². The SMILES string of the molecule is CC(C)n1nccc1C1OCCC1CCl. The third kappa shape index (κ3) is 2.04. The van der Waals surface area contributed by atoms with Crippen LogP contribution in [0.4, 0.5) is 0 Å². The highest BCUT2D eigenvalue weighted by atomic mass is 35.5. The Hall–Kier alpha value is -0.540. The van der Waals surface area contributed by atoms with Crippen LogP contribution in [0.15, 0.2) is 12.3 Å². The first-order chi connectivity index (χ1) is 7.24. The lowest BCUT2D eigenvalue weighted by Gasteiger charge is -2.19. The van der Waals surface area contributed by atoms with E-state index in [9.17, 15) is 0 Å². The van der Waals surface area contributed by atoms with E-state index >= 15 is 0 Å². The van der Waals surface area contributed by atoms with Crippen molar-refractivity contribution in [2.75, 3.05) is 12.5 Å². The first-order valence-corrected chi connectivity index (χ1v) is 5.98. The van der Waals surface area contributed by atoms with Crippen molar-refractivity contribution in [1.82, 2.24) is 9.78 Å². The fraction of sp³-hybridized carbons (Fsp3) is 0.727. The molecule has 0 aliphatic carbocycles. The van der Waals surface area contributed by atoms with Gasteiger partial charge in [-0.2, -0.15) is 5.10 Å². The molecule has 1 aliphatic rings. The van der Waals surface area contributed by atoms with Crippen LogP contribution >= 0.6 is 11.6 Å². The summed E-state index contributed by atoms with van der Waals surface area (Å²) in [7, 11) is 0. The smallest absolute Gasteiger partial charge is 0.103 e. The van der Waals surface area contributed by atoms with Gasteiger partial charge in [-0.15, -0.1) is 11.6 Å². The summed E-state index contributed by atoms with van der Waals surface area (Å²) in [5.74, 6) is 1.09. The molecule has 0 bridgehead atoms. The minimum atomic E-state index is 0.132. The van der Waals surface area contributed by atoms with E-state index in [1.165, 1.54) is 0 Å². The monoisotopic (exact) mass is 228 g/mol. The Morgan fingerprint density at radius 1 is 1.67 bits per heavy atom. The molecule has 84 valence electrons. The third-order valence-corrected chi connectivity index (χ3v) is 3.29. The average molecular weight is 229 g/mol. The van der Waals surface area contributed by atoms with Crippen LogP contribution in [0.1, 0.15) is 38.1 Å². The lowest BCUT2D eigenvalue weighted by Crippen LogP contribution is -2.16. The van der Waals surface area contributed by atoms with Gasteiger partial charge in [0.05, 0.1) is 5.69 Å². The van der Waals surface area contributed by atoms with Crippen molar-refractivity contribution in [1.29, 1.82) is 0 Å². The van der Waals surface area contributed by atoms with Gasteiger partial charge in [-0.25, -0.2) is 0 Å². The van der Waals surface area contributed by atoms with Gasteiger partial charge in [0.15, 0.2) is 0 Å². The number of ether oxygens (including phenoxy) is 1. The molecule has 0 N–H and O–H groups in total. The van der Waals surface area contributed by atoms with Crippen LogP contribution in [-0.4, -0.2) is 22.3 Å². The third-order valence-electron chi connectivity index (χ3n) is 2.89. The molecule has 0 aromatic carbocycles. The normalized spacial score (nSPS) is 26.4. The molecular weight excluding hydrogens is 212 g/mol. The molecule has 4 heteroatoms. The van der Waals surface area contributed by atoms with E-state index in [1.54, 1.807) is 0 Å². The van der Waals surface area contributed by atoms with E-state index < -0.39 is 0 Å². The number of alkyl halides is 1. The van der Waals surface area contributed by atoms with Crippen molar-refractivity contribution >= 4 is 11.6 Å². The van der Waals surface area contributed by atoms with Gasteiger partial charge >= 0.3 is 0 Å². The van der Waals surface area contributed by atoms with Gasteiger partial charge < -0.3 is 4.74 Å². The lowest BCUT2D eigenvalue weighted by atomic mass is 10.0. The Bertz CT molecular complexity index is 324. The zero-order valence-corrected chi connectivity index (χ0v) is 9.94. The Morgan fingerprint density at radius 2 is 2.47 bits per heavy atom. The number of rotatable bonds is 3. The van der Waals surface area contributed by atoms with Crippen LogP contribution < -0.4 is 0 Å². The number of nitrogens with zero attached hydrogens (tertiary/aromatic N) is 2. The Labute approximate surface area is 95.4 Å². The average Bonchev–Trinajstić information content (AvgIpc) is 2.85. The van der Waals surface area contributed by atoms with Gasteiger partial charge in [0.25, 0.3) is 0 Å². The molecule has 2 heterocycles. The minimum Gasteiger partial charge on any atom is -0.372 e. The topological polar surface area (TPSA) is 27.1 Å². The molecule has 2 rings (SSSR count). The van der Waals surface area contributed by atoms with Crippen LogP contribution in [0.3, 0.4) is 0 Å². The van der Waals surface area contributed by atoms with Crippen molar-refractivity contribution in [2.24, 2.45) is 5.92 Å². The summed E-state index contributed by atoms with van der Waals surface area (Å²) >= 11 is 5.94. The predicted molar refractivity (Wildman–Crippen MR) is 60.1 cm³/mol. The molecule has 0 spiro atoms. The molecule has 1 aliphatic heterocycles. The van der Waals surface area contributed by atoms with Crippen LogP contribution in [0, 0.1) is 5.92 Å². The van der Waals surface area contributed by atoms with Crippen molar-refractivity contribution < 1.29 is 4.74 Å². The first-order valence-electron chi connectivity index (χ1n) is 5.45. The first kappa shape index (κ1) is 11.0. The van der Waals surface area contributed by atoms with Gasteiger partial charge in [-0.3, -0.25) is 4.68 Å². The summed E-state index contributed by atoms with van der Waals surface area (Å²) in [4.78, 5) is 0. The Morgan fingerprint density at radius 3 is 3.13 bits per heavy atom. The fourth-order valence-electron chi connectivity index (χ4n) is 2.10. The van der Waals surface area contributed by atoms with Crippen molar-refractivity contribution in [3.63, 3.8) is 0 Å². The molecular formula is C11H17ClN2O. The number of hydrogen-bond acceptors (Lipinski definition) is 2. The highest BCUT2D eigenvalue weighted by molar-refractivity contribution is 6.18. The minimum absolute atomic E-state index is 0.132. The molecule has 2 unspecified atom stereocenters. The standard InChI is InChI=1S/C11H17ClN2O/c1-8(2)14-10(3-5-13-14)11-9(7-12)4-6-15-11/h3,5,8-9,11H,4,6-7H2,1-2H3. The highest BCUT2D eigenvalue weighted by Crippen LogP contribution is 2.35. The number of aromatic nitrogens is 2. The van der Waals surface area contributed by atoms with E-state index in [-0.39, 0.29) is 6.10 Å². The maximum absolute atomic E-state index is 5.94. The quantitative estimate of drug-likeness (QED) is 0.744. The van der Waals surface area contributed by atoms with Crippen LogP contribution in [0.2, 0.25) is 0 Å². The van der Waals surface area contributed by atoms with Crippen molar-refractivity contribution in [2.45, 2.75) is 32.4 Å². The fourth-order valence-corrected chi connectivity index (χ4v) is 2.42. The molecule has 2 atom stereocenters. The second-order valence-corrected chi connectivity index (χ2v) is 4.60. The molecule has 1 saturated heterocycles. The van der Waals surface area contributed by atoms with Gasteiger partial charge in [-0.1, -0.05) is 0 Å². The number of hydrogen-bond donors (Lipinski definition) is 0. The van der Waals surface area contributed by atoms with E-state index in [4.69, 9.17) is 16.3 Å². The van der Waals surface area contributed by atoms with E-state index in [2.05, 4.69) is 18.9 Å². The molecule has 0 amide bonds. The molecule has 3 nitrogen and oxygen atoms in total. The Kier molecular flexibility index (Phi) is 3.32. The zero-order valence-electron chi connectivity index (χ0n) is 9.19. The second-order valence-electron chi connectivity index (χ2n) is 4.29. The molecule has 15 heavy (non-hydrogen) atoms. The molecule has 0 radical (unpaired) electrons. The van der Waals surface area contributed by atoms with E-state index in [1.807, 2.05) is 16.9 Å². The zero-order chi connectivity index (χ0) is 10.8. The summed E-state index contributed by atoms with van der Waals surface area (Å²) in [6.07, 6.45) is 3.02. The van der Waals surface area contributed by atoms with Crippen LogP contribution in [-0.2, 0) is 4.74 Å². The predicted octanol–water partition coefficient (Wildman–Crippen LogP) is 2.78. The maximum Gasteiger partial charge on any atom is 0.103 e. The van der Waals surface area contributed by atoms with Gasteiger partial charge in [0, 0.05) is 30.6 Å². The molecule has 0 saturated carbocycles. The summed E-state index contributed by atoms with van der Waals surface area (Å²) in [5.41, 5.74) is 1.16. The Balaban J connectivity index is 2.24. The molecule has 1 aromatic heterocycles. The van der Waals surface area contributed by atoms with Crippen LogP contribution in [0.25, 0.3) is 0 Å². The molecule has 1 fully saturated rings. The van der Waals surface area contributed by atoms with Crippen molar-refractivity contribution in [3.05, 3.63) is 18.0 Å². The molecule has 1 aromatic rings. The van der Waals surface area contributed by atoms with Crippen molar-refractivity contribution in [3.8, 4) is 0 Å². The summed E-state index contributed by atoms with van der Waals surface area (Å²) in [6, 6.07) is 2.41. The summed E-state index contributed by atoms with van der Waals surface area (Å²) in [5, 5.41) is 4.32. The maximum atomic E-state index is 5.94. The highest BCUT2D eigenvalue weighted by Gasteiger charge is 2.31. The summed E-state index contributed by atoms with van der Waals surface area (Å²) < 4.78 is 7.77. The van der Waals surface area contributed by atoms with E-state index in [0.717, 1.165) is 18.7 Å². The lowest BCUT2D eigenvalue weighted by molar-refractivity contribution is 0.0864. The largest absolute Gasteiger partial charge is 0.372 e. The van der Waals surface area contributed by atoms with Gasteiger partial charge in [0.2, 0.25) is 0 Å². The summed E-state index contributed by atoms with van der Waals surface area (Å²) in [6.45, 7) is 5.06. The number of halogens is 1. The van der Waals surface area contributed by atoms with Crippen LogP contribution in [0.5, 0.6) is 0 Å².